The van der Waals surface area contributed by atoms with Gasteiger partial charge in [0.1, 0.15) is 6.04 Å². The summed E-state index contributed by atoms with van der Waals surface area (Å²) in [6.07, 6.45) is 2.20. The van der Waals surface area contributed by atoms with Crippen molar-refractivity contribution in [2.45, 2.75) is 45.7 Å². The molecule has 1 atom stereocenters. The normalized spacial score (nSPS) is 12.8. The highest BCUT2D eigenvalue weighted by atomic mass is 16.5. The van der Waals surface area contributed by atoms with Crippen LogP contribution in [0.4, 0.5) is 0 Å². The van der Waals surface area contributed by atoms with Gasteiger partial charge in [0, 0.05) is 12.6 Å². The van der Waals surface area contributed by atoms with Crippen LogP contribution in [-0.2, 0) is 4.74 Å². The predicted octanol–water partition coefficient (Wildman–Crippen LogP) is 1.69. The summed E-state index contributed by atoms with van der Waals surface area (Å²) in [6, 6.07) is 2.34. The van der Waals surface area contributed by atoms with Crippen LogP contribution >= 0.6 is 0 Å². The van der Waals surface area contributed by atoms with Crippen molar-refractivity contribution in [3.63, 3.8) is 0 Å². The van der Waals surface area contributed by atoms with Crippen LogP contribution in [0.25, 0.3) is 0 Å². The SMILES string of the molecule is CCCCOCC(C#N)NC(C)C. The van der Waals surface area contributed by atoms with Gasteiger partial charge >= 0.3 is 0 Å². The largest absolute Gasteiger partial charge is 0.379 e. The van der Waals surface area contributed by atoms with E-state index in [1.807, 2.05) is 13.8 Å². The Balaban J connectivity index is 3.44. The molecule has 0 saturated carbocycles. The van der Waals surface area contributed by atoms with Crippen molar-refractivity contribution in [1.82, 2.24) is 5.32 Å². The van der Waals surface area contributed by atoms with E-state index in [1.165, 1.54) is 0 Å². The number of ether oxygens (including phenoxy) is 1. The summed E-state index contributed by atoms with van der Waals surface area (Å²) < 4.78 is 5.34. The minimum atomic E-state index is -0.170. The monoisotopic (exact) mass is 184 g/mol. The van der Waals surface area contributed by atoms with Gasteiger partial charge in [-0.3, -0.25) is 5.32 Å². The lowest BCUT2D eigenvalue weighted by Crippen LogP contribution is -2.37. The standard InChI is InChI=1S/C10H20N2O/c1-4-5-6-13-8-10(7-11)12-9(2)3/h9-10,12H,4-6,8H2,1-3H3. The number of unbranched alkanes of at least 4 members (excludes halogenated alkanes) is 1. The van der Waals surface area contributed by atoms with Gasteiger partial charge in [-0.05, 0) is 20.3 Å². The molecule has 0 aromatic rings. The number of nitrogens with one attached hydrogen (secondary N) is 1. The highest BCUT2D eigenvalue weighted by molar-refractivity contribution is 4.90. The van der Waals surface area contributed by atoms with Crippen LogP contribution in [0, 0.1) is 11.3 Å². The molecule has 1 unspecified atom stereocenters. The molecule has 0 fully saturated rings. The molecular weight excluding hydrogens is 164 g/mol. The Morgan fingerprint density at radius 2 is 2.15 bits per heavy atom. The molecule has 76 valence electrons. The third-order valence-corrected chi connectivity index (χ3v) is 1.62. The molecule has 0 rings (SSSR count). The topological polar surface area (TPSA) is 45.0 Å². The van der Waals surface area contributed by atoms with Gasteiger partial charge < -0.3 is 4.74 Å². The first kappa shape index (κ1) is 12.4. The fourth-order valence-electron chi connectivity index (χ4n) is 0.973. The minimum Gasteiger partial charge on any atom is -0.379 e. The van der Waals surface area contributed by atoms with E-state index in [4.69, 9.17) is 10.00 Å². The fraction of sp³-hybridized carbons (Fsp3) is 0.900. The van der Waals surface area contributed by atoms with Gasteiger partial charge in [0.15, 0.2) is 0 Å². The maximum absolute atomic E-state index is 8.74. The number of hydrogen-bond acceptors (Lipinski definition) is 3. The minimum absolute atomic E-state index is 0.170. The lowest BCUT2D eigenvalue weighted by atomic mass is 10.3. The van der Waals surface area contributed by atoms with E-state index in [-0.39, 0.29) is 6.04 Å². The molecule has 0 bridgehead atoms. The second kappa shape index (κ2) is 8.03. The summed E-state index contributed by atoms with van der Waals surface area (Å²) in [7, 11) is 0. The van der Waals surface area contributed by atoms with Gasteiger partial charge in [-0.1, -0.05) is 13.3 Å². The second-order valence-electron chi connectivity index (χ2n) is 3.43. The first-order valence-corrected chi connectivity index (χ1v) is 4.94. The van der Waals surface area contributed by atoms with E-state index in [1.54, 1.807) is 0 Å². The first-order valence-electron chi connectivity index (χ1n) is 4.94. The zero-order chi connectivity index (χ0) is 10.1. The maximum Gasteiger partial charge on any atom is 0.119 e. The number of nitriles is 1. The van der Waals surface area contributed by atoms with Crippen LogP contribution in [0.1, 0.15) is 33.6 Å². The molecule has 0 saturated heterocycles. The average molecular weight is 184 g/mol. The van der Waals surface area contributed by atoms with Crippen molar-refractivity contribution < 1.29 is 4.74 Å². The fourth-order valence-corrected chi connectivity index (χ4v) is 0.973. The Labute approximate surface area is 81.1 Å². The highest BCUT2D eigenvalue weighted by Crippen LogP contribution is 1.91. The molecular formula is C10H20N2O. The van der Waals surface area contributed by atoms with Crippen LogP contribution in [0.3, 0.4) is 0 Å². The summed E-state index contributed by atoms with van der Waals surface area (Å²) >= 11 is 0. The van der Waals surface area contributed by atoms with Gasteiger partial charge in [0.05, 0.1) is 12.7 Å². The maximum atomic E-state index is 8.74. The highest BCUT2D eigenvalue weighted by Gasteiger charge is 2.07. The summed E-state index contributed by atoms with van der Waals surface area (Å²) in [5.41, 5.74) is 0. The molecule has 0 aromatic carbocycles. The van der Waals surface area contributed by atoms with E-state index in [9.17, 15) is 0 Å². The summed E-state index contributed by atoms with van der Waals surface area (Å²) in [6.45, 7) is 7.42. The molecule has 0 aliphatic carbocycles. The molecule has 3 heteroatoms. The van der Waals surface area contributed by atoms with E-state index in [0.717, 1.165) is 19.4 Å². The molecule has 3 nitrogen and oxygen atoms in total. The number of rotatable bonds is 7. The molecule has 0 amide bonds. The van der Waals surface area contributed by atoms with Crippen LogP contribution in [0.5, 0.6) is 0 Å². The van der Waals surface area contributed by atoms with Crippen LogP contribution < -0.4 is 5.32 Å². The van der Waals surface area contributed by atoms with Crippen molar-refractivity contribution in [2.24, 2.45) is 0 Å². The lowest BCUT2D eigenvalue weighted by molar-refractivity contribution is 0.118. The smallest absolute Gasteiger partial charge is 0.119 e. The van der Waals surface area contributed by atoms with Crippen molar-refractivity contribution in [3.05, 3.63) is 0 Å². The second-order valence-corrected chi connectivity index (χ2v) is 3.43. The number of nitrogens with zero attached hydrogens (tertiary/aromatic N) is 1. The van der Waals surface area contributed by atoms with E-state index in [2.05, 4.69) is 18.3 Å². The Morgan fingerprint density at radius 1 is 1.46 bits per heavy atom. The first-order chi connectivity index (χ1) is 6.20. The van der Waals surface area contributed by atoms with Crippen molar-refractivity contribution in [2.75, 3.05) is 13.2 Å². The van der Waals surface area contributed by atoms with Gasteiger partial charge in [-0.25, -0.2) is 0 Å². The molecule has 1 N–H and O–H groups in total. The third kappa shape index (κ3) is 7.76. The van der Waals surface area contributed by atoms with Gasteiger partial charge in [0.25, 0.3) is 0 Å². The molecule has 0 heterocycles. The summed E-state index contributed by atoms with van der Waals surface area (Å²) in [5, 5.41) is 11.9. The molecule has 0 spiro atoms. The number of hydrogen-bond donors (Lipinski definition) is 1. The van der Waals surface area contributed by atoms with Crippen LogP contribution in [0.2, 0.25) is 0 Å². The quantitative estimate of drug-likeness (QED) is 0.612. The van der Waals surface area contributed by atoms with E-state index in [0.29, 0.717) is 12.6 Å². The van der Waals surface area contributed by atoms with E-state index < -0.39 is 0 Å². The van der Waals surface area contributed by atoms with Gasteiger partial charge in [-0.15, -0.1) is 0 Å². The molecule has 0 aliphatic heterocycles. The average Bonchev–Trinajstić information content (AvgIpc) is 2.09. The van der Waals surface area contributed by atoms with Crippen molar-refractivity contribution in [3.8, 4) is 6.07 Å². The summed E-state index contributed by atoms with van der Waals surface area (Å²) in [4.78, 5) is 0. The van der Waals surface area contributed by atoms with E-state index >= 15 is 0 Å². The molecule has 0 aliphatic rings. The summed E-state index contributed by atoms with van der Waals surface area (Å²) in [5.74, 6) is 0. The van der Waals surface area contributed by atoms with Crippen LogP contribution in [0.15, 0.2) is 0 Å². The predicted molar refractivity (Wildman–Crippen MR) is 53.4 cm³/mol. The Morgan fingerprint density at radius 3 is 2.62 bits per heavy atom. The Kier molecular flexibility index (Phi) is 7.66. The van der Waals surface area contributed by atoms with Gasteiger partial charge in [-0.2, -0.15) is 5.26 Å². The zero-order valence-corrected chi connectivity index (χ0v) is 8.84. The molecule has 0 aromatic heterocycles. The van der Waals surface area contributed by atoms with Gasteiger partial charge in [0.2, 0.25) is 0 Å². The van der Waals surface area contributed by atoms with Crippen molar-refractivity contribution in [1.29, 1.82) is 5.26 Å². The Hall–Kier alpha value is -0.590. The van der Waals surface area contributed by atoms with Crippen LogP contribution in [-0.4, -0.2) is 25.3 Å². The zero-order valence-electron chi connectivity index (χ0n) is 8.84. The lowest BCUT2D eigenvalue weighted by Gasteiger charge is -2.14. The van der Waals surface area contributed by atoms with Crippen molar-refractivity contribution >= 4 is 0 Å². The third-order valence-electron chi connectivity index (χ3n) is 1.62. The molecule has 0 radical (unpaired) electrons. The Bertz CT molecular complexity index is 151. The molecule has 13 heavy (non-hydrogen) atoms.